The SMILES string of the molecule is CCOc1cc(/C=N\NC(=O)c2ccc(-c3csc(Nc4ccc(C)cc4)n3)cc2)ccc1OCc1cccc([N+](=O)[O-])c1. The molecule has 5 aromatic rings. The number of anilines is 2. The minimum absolute atomic E-state index is 0.000802. The van der Waals surface area contributed by atoms with Crippen LogP contribution in [0.4, 0.5) is 16.5 Å². The summed E-state index contributed by atoms with van der Waals surface area (Å²) in [5, 5.41) is 21.2. The molecule has 1 aromatic heterocycles. The number of aryl methyl sites for hydroxylation is 1. The van der Waals surface area contributed by atoms with Gasteiger partial charge in [-0.1, -0.05) is 42.0 Å². The standard InChI is InChI=1S/C33H29N5O5S/c1-3-42-31-18-23(9-16-30(31)43-20-24-5-4-6-28(17-24)38(40)41)19-34-37-32(39)26-12-10-25(11-13-26)29-21-44-33(36-29)35-27-14-7-22(2)8-15-27/h4-19,21H,3,20H2,1-2H3,(H,35,36)(H,37,39)/b34-19-. The van der Waals surface area contributed by atoms with Crippen LogP contribution in [-0.4, -0.2) is 28.6 Å². The number of amides is 1. The molecule has 11 heteroatoms. The highest BCUT2D eigenvalue weighted by Gasteiger charge is 2.11. The van der Waals surface area contributed by atoms with Crippen molar-refractivity contribution in [2.24, 2.45) is 5.10 Å². The van der Waals surface area contributed by atoms with E-state index in [2.05, 4.69) is 20.8 Å². The van der Waals surface area contributed by atoms with Gasteiger partial charge in [0, 0.05) is 34.3 Å². The van der Waals surface area contributed by atoms with Crippen molar-refractivity contribution in [2.75, 3.05) is 11.9 Å². The summed E-state index contributed by atoms with van der Waals surface area (Å²) in [6, 6.07) is 26.8. The molecule has 10 nitrogen and oxygen atoms in total. The molecule has 0 bridgehead atoms. The Morgan fingerprint density at radius 2 is 1.80 bits per heavy atom. The van der Waals surface area contributed by atoms with Crippen LogP contribution >= 0.6 is 11.3 Å². The van der Waals surface area contributed by atoms with Crippen molar-refractivity contribution < 1.29 is 19.2 Å². The number of ether oxygens (including phenoxy) is 2. The van der Waals surface area contributed by atoms with Gasteiger partial charge in [0.05, 0.1) is 23.4 Å². The van der Waals surface area contributed by atoms with Crippen LogP contribution in [-0.2, 0) is 6.61 Å². The van der Waals surface area contributed by atoms with Crippen LogP contribution in [0.2, 0.25) is 0 Å². The van der Waals surface area contributed by atoms with Gasteiger partial charge >= 0.3 is 0 Å². The molecule has 0 spiro atoms. The summed E-state index contributed by atoms with van der Waals surface area (Å²) in [6.45, 7) is 4.44. The number of nitro groups is 1. The highest BCUT2D eigenvalue weighted by Crippen LogP contribution is 2.30. The van der Waals surface area contributed by atoms with Gasteiger partial charge in [-0.25, -0.2) is 10.4 Å². The van der Waals surface area contributed by atoms with Crippen molar-refractivity contribution in [1.29, 1.82) is 0 Å². The minimum atomic E-state index is -0.444. The van der Waals surface area contributed by atoms with Crippen LogP contribution in [0, 0.1) is 17.0 Å². The predicted molar refractivity (Wildman–Crippen MR) is 172 cm³/mol. The lowest BCUT2D eigenvalue weighted by atomic mass is 10.1. The maximum Gasteiger partial charge on any atom is 0.271 e. The van der Waals surface area contributed by atoms with E-state index in [0.717, 1.165) is 22.1 Å². The van der Waals surface area contributed by atoms with Crippen LogP contribution in [0.15, 0.2) is 101 Å². The number of nitrogens with one attached hydrogen (secondary N) is 2. The largest absolute Gasteiger partial charge is 0.490 e. The van der Waals surface area contributed by atoms with Crippen molar-refractivity contribution in [3.05, 3.63) is 129 Å². The first-order chi connectivity index (χ1) is 21.4. The molecule has 0 unspecified atom stereocenters. The summed E-state index contributed by atoms with van der Waals surface area (Å²) in [6.07, 6.45) is 1.51. The van der Waals surface area contributed by atoms with Gasteiger partial charge in [-0.2, -0.15) is 5.10 Å². The molecule has 0 saturated heterocycles. The maximum atomic E-state index is 12.7. The lowest BCUT2D eigenvalue weighted by Gasteiger charge is -2.12. The fourth-order valence-corrected chi connectivity index (χ4v) is 4.90. The first-order valence-corrected chi connectivity index (χ1v) is 14.6. The normalized spacial score (nSPS) is 10.9. The number of non-ortho nitro benzene ring substituents is 1. The van der Waals surface area contributed by atoms with Gasteiger partial charge in [-0.3, -0.25) is 14.9 Å². The molecule has 4 aromatic carbocycles. The number of nitrogens with zero attached hydrogens (tertiary/aromatic N) is 3. The molecular formula is C33H29N5O5S. The topological polar surface area (TPSA) is 128 Å². The van der Waals surface area contributed by atoms with E-state index in [1.165, 1.54) is 35.2 Å². The number of hydrogen-bond donors (Lipinski definition) is 2. The van der Waals surface area contributed by atoms with Crippen LogP contribution in [0.5, 0.6) is 11.5 Å². The van der Waals surface area contributed by atoms with E-state index in [1.54, 1.807) is 42.5 Å². The smallest absolute Gasteiger partial charge is 0.271 e. The molecule has 0 aliphatic carbocycles. The molecule has 0 radical (unpaired) electrons. The van der Waals surface area contributed by atoms with Crippen LogP contribution in [0.1, 0.15) is 34.0 Å². The van der Waals surface area contributed by atoms with Gasteiger partial charge in [0.2, 0.25) is 0 Å². The van der Waals surface area contributed by atoms with Crippen molar-refractivity contribution in [2.45, 2.75) is 20.5 Å². The number of hydrogen-bond acceptors (Lipinski definition) is 9. The lowest BCUT2D eigenvalue weighted by Crippen LogP contribution is -2.17. The Labute approximate surface area is 258 Å². The quantitative estimate of drug-likeness (QED) is 0.0853. The zero-order valence-corrected chi connectivity index (χ0v) is 24.8. The Morgan fingerprint density at radius 3 is 2.55 bits per heavy atom. The van der Waals surface area contributed by atoms with Crippen LogP contribution < -0.4 is 20.2 Å². The first-order valence-electron chi connectivity index (χ1n) is 13.7. The Morgan fingerprint density at radius 1 is 1.00 bits per heavy atom. The second-order valence-electron chi connectivity index (χ2n) is 9.66. The molecule has 0 fully saturated rings. The zero-order valence-electron chi connectivity index (χ0n) is 24.0. The lowest BCUT2D eigenvalue weighted by molar-refractivity contribution is -0.384. The monoisotopic (exact) mass is 607 g/mol. The maximum absolute atomic E-state index is 12.7. The van der Waals surface area contributed by atoms with Gasteiger partial charge < -0.3 is 14.8 Å². The first kappa shape index (κ1) is 29.9. The number of aromatic nitrogens is 1. The zero-order chi connectivity index (χ0) is 30.9. The third-order valence-electron chi connectivity index (χ3n) is 6.41. The molecule has 2 N–H and O–H groups in total. The molecule has 0 aliphatic rings. The third kappa shape index (κ3) is 7.84. The molecule has 0 aliphatic heterocycles. The number of benzene rings is 4. The summed E-state index contributed by atoms with van der Waals surface area (Å²) < 4.78 is 11.6. The van der Waals surface area contributed by atoms with Crippen molar-refractivity contribution in [3.8, 4) is 22.8 Å². The van der Waals surface area contributed by atoms with Gasteiger partial charge in [-0.05, 0) is 67.4 Å². The number of carbonyl (C=O) groups excluding carboxylic acids is 1. The number of rotatable bonds is 12. The Bertz CT molecular complexity index is 1790. The third-order valence-corrected chi connectivity index (χ3v) is 7.17. The molecule has 0 saturated carbocycles. The molecule has 1 amide bonds. The Kier molecular flexibility index (Phi) is 9.57. The average molecular weight is 608 g/mol. The molecule has 1 heterocycles. The van der Waals surface area contributed by atoms with Crippen LogP contribution in [0.3, 0.4) is 0 Å². The summed E-state index contributed by atoms with van der Waals surface area (Å²) in [5.74, 6) is 0.621. The number of hydrazone groups is 1. The van der Waals surface area contributed by atoms with Gasteiger partial charge in [0.1, 0.15) is 6.61 Å². The summed E-state index contributed by atoms with van der Waals surface area (Å²) in [5.41, 5.74) is 8.24. The van der Waals surface area contributed by atoms with Crippen molar-refractivity contribution >= 4 is 40.0 Å². The minimum Gasteiger partial charge on any atom is -0.490 e. The second-order valence-corrected chi connectivity index (χ2v) is 10.5. The predicted octanol–water partition coefficient (Wildman–Crippen LogP) is 7.51. The van der Waals surface area contributed by atoms with Gasteiger partial charge in [0.15, 0.2) is 16.6 Å². The molecule has 222 valence electrons. The molecule has 5 rings (SSSR count). The number of carbonyl (C=O) groups is 1. The van der Waals surface area contributed by atoms with E-state index in [0.29, 0.717) is 34.8 Å². The van der Waals surface area contributed by atoms with E-state index in [1.807, 2.05) is 55.6 Å². The van der Waals surface area contributed by atoms with E-state index >= 15 is 0 Å². The summed E-state index contributed by atoms with van der Waals surface area (Å²) in [7, 11) is 0. The van der Waals surface area contributed by atoms with E-state index < -0.39 is 4.92 Å². The van der Waals surface area contributed by atoms with E-state index in [9.17, 15) is 14.9 Å². The molecule has 0 atom stereocenters. The fraction of sp³-hybridized carbons (Fsp3) is 0.121. The van der Waals surface area contributed by atoms with Crippen molar-refractivity contribution in [3.63, 3.8) is 0 Å². The summed E-state index contributed by atoms with van der Waals surface area (Å²) >= 11 is 1.51. The van der Waals surface area contributed by atoms with Crippen LogP contribution in [0.25, 0.3) is 11.3 Å². The fourth-order valence-electron chi connectivity index (χ4n) is 4.16. The van der Waals surface area contributed by atoms with E-state index in [4.69, 9.17) is 9.47 Å². The molecule has 44 heavy (non-hydrogen) atoms. The van der Waals surface area contributed by atoms with Gasteiger partial charge in [-0.15, -0.1) is 11.3 Å². The highest BCUT2D eigenvalue weighted by atomic mass is 32.1. The highest BCUT2D eigenvalue weighted by molar-refractivity contribution is 7.14. The number of nitro benzene ring substituents is 1. The second kappa shape index (κ2) is 14.1. The molecular weight excluding hydrogens is 578 g/mol. The number of thiazole rings is 1. The van der Waals surface area contributed by atoms with Crippen molar-refractivity contribution in [1.82, 2.24) is 10.4 Å². The Hall–Kier alpha value is -5.55. The average Bonchev–Trinajstić information content (AvgIpc) is 3.50. The van der Waals surface area contributed by atoms with E-state index in [-0.39, 0.29) is 18.2 Å². The van der Waals surface area contributed by atoms with Gasteiger partial charge in [0.25, 0.3) is 11.6 Å². The summed E-state index contributed by atoms with van der Waals surface area (Å²) in [4.78, 5) is 27.9. The Balaban J connectivity index is 1.17.